The van der Waals surface area contributed by atoms with Crippen molar-refractivity contribution in [3.05, 3.63) is 59.1 Å². The van der Waals surface area contributed by atoms with E-state index in [0.717, 1.165) is 5.56 Å². The third-order valence-electron chi connectivity index (χ3n) is 3.61. The van der Waals surface area contributed by atoms with Crippen molar-refractivity contribution in [3.8, 4) is 0 Å². The van der Waals surface area contributed by atoms with Crippen molar-refractivity contribution in [2.75, 3.05) is 5.32 Å². The van der Waals surface area contributed by atoms with Gasteiger partial charge in [-0.25, -0.2) is 14.5 Å². The molecule has 1 atom stereocenters. The Morgan fingerprint density at radius 2 is 2.19 bits per heavy atom. The lowest BCUT2D eigenvalue weighted by atomic mass is 10.2. The normalized spacial score (nSPS) is 11.9. The molecule has 2 aromatic heterocycles. The molecule has 0 aliphatic carbocycles. The van der Waals surface area contributed by atoms with Gasteiger partial charge in [0.2, 0.25) is 5.95 Å². The van der Waals surface area contributed by atoms with Gasteiger partial charge in [-0.05, 0) is 24.6 Å². The smallest absolute Gasteiger partial charge is 0.328 e. The van der Waals surface area contributed by atoms with Crippen LogP contribution in [0.2, 0.25) is 5.02 Å². The minimum Gasteiger partial charge on any atom is -0.480 e. The summed E-state index contributed by atoms with van der Waals surface area (Å²) < 4.78 is 2.76. The quantitative estimate of drug-likeness (QED) is 0.682. The van der Waals surface area contributed by atoms with Gasteiger partial charge in [-0.3, -0.25) is 14.8 Å². The van der Waals surface area contributed by atoms with Crippen molar-refractivity contribution >= 4 is 29.4 Å². The minimum absolute atomic E-state index is 0.135. The van der Waals surface area contributed by atoms with Gasteiger partial charge in [-0.15, -0.1) is 5.10 Å². The Balaban J connectivity index is 1.65. The molecule has 3 aromatic rings. The fourth-order valence-corrected chi connectivity index (χ4v) is 2.42. The summed E-state index contributed by atoms with van der Waals surface area (Å²) in [5, 5.41) is 20.2. The Hall–Kier alpha value is -3.20. The summed E-state index contributed by atoms with van der Waals surface area (Å²) in [5.74, 6) is -1.38. The minimum atomic E-state index is -1.04. The van der Waals surface area contributed by atoms with Crippen molar-refractivity contribution in [1.29, 1.82) is 0 Å². The molecular formula is C16H15ClN6O3. The van der Waals surface area contributed by atoms with E-state index in [2.05, 4.69) is 20.5 Å². The Morgan fingerprint density at radius 1 is 1.38 bits per heavy atom. The second kappa shape index (κ2) is 7.36. The molecule has 2 heterocycles. The number of hydrogen-bond acceptors (Lipinski definition) is 5. The molecule has 0 radical (unpaired) electrons. The van der Waals surface area contributed by atoms with Gasteiger partial charge in [-0.2, -0.15) is 5.10 Å². The fourth-order valence-electron chi connectivity index (χ4n) is 2.20. The number of hydrogen-bond donors (Lipinski definition) is 2. The maximum Gasteiger partial charge on any atom is 0.328 e. The maximum absolute atomic E-state index is 12.2. The van der Waals surface area contributed by atoms with E-state index in [9.17, 15) is 9.59 Å². The second-order valence-electron chi connectivity index (χ2n) is 5.57. The van der Waals surface area contributed by atoms with Crippen molar-refractivity contribution in [3.63, 3.8) is 0 Å². The van der Waals surface area contributed by atoms with Crippen LogP contribution < -0.4 is 5.32 Å². The molecule has 0 saturated heterocycles. The molecular weight excluding hydrogens is 360 g/mol. The lowest BCUT2D eigenvalue weighted by Gasteiger charge is -2.05. The van der Waals surface area contributed by atoms with E-state index < -0.39 is 17.9 Å². The standard InChI is InChI=1S/C16H15ClN6O3/c1-10(15(25)26)23-8-12(6-19-23)14(24)20-16-18-9-22(21-16)7-11-3-2-4-13(17)5-11/h2-6,8-10H,7H2,1H3,(H,25,26)(H,20,21,24). The molecule has 134 valence electrons. The Bertz CT molecular complexity index is 951. The van der Waals surface area contributed by atoms with Crippen LogP contribution in [0.4, 0.5) is 5.95 Å². The first-order valence-electron chi connectivity index (χ1n) is 7.64. The number of carbonyl (C=O) groups is 2. The van der Waals surface area contributed by atoms with Gasteiger partial charge in [0, 0.05) is 11.2 Å². The number of carboxylic acids is 1. The third-order valence-corrected chi connectivity index (χ3v) is 3.85. The van der Waals surface area contributed by atoms with Crippen LogP contribution in [-0.4, -0.2) is 41.5 Å². The molecule has 9 nitrogen and oxygen atoms in total. The number of aliphatic carboxylic acids is 1. The van der Waals surface area contributed by atoms with E-state index in [1.165, 1.54) is 30.3 Å². The van der Waals surface area contributed by atoms with Crippen molar-refractivity contribution in [2.45, 2.75) is 19.5 Å². The number of benzene rings is 1. The van der Waals surface area contributed by atoms with Crippen LogP contribution in [0.3, 0.4) is 0 Å². The van der Waals surface area contributed by atoms with Gasteiger partial charge in [0.05, 0.1) is 18.3 Å². The van der Waals surface area contributed by atoms with E-state index in [1.54, 1.807) is 10.7 Å². The van der Waals surface area contributed by atoms with Gasteiger partial charge in [0.15, 0.2) is 0 Å². The Labute approximate surface area is 153 Å². The number of rotatable bonds is 6. The fraction of sp³-hybridized carbons (Fsp3) is 0.188. The monoisotopic (exact) mass is 374 g/mol. The number of anilines is 1. The highest BCUT2D eigenvalue weighted by atomic mass is 35.5. The van der Waals surface area contributed by atoms with Crippen LogP contribution in [0.15, 0.2) is 43.0 Å². The van der Waals surface area contributed by atoms with Gasteiger partial charge in [0.1, 0.15) is 12.4 Å². The van der Waals surface area contributed by atoms with Gasteiger partial charge < -0.3 is 5.11 Å². The third kappa shape index (κ3) is 4.06. The molecule has 10 heteroatoms. The number of amides is 1. The van der Waals surface area contributed by atoms with E-state index >= 15 is 0 Å². The molecule has 2 N–H and O–H groups in total. The molecule has 1 aromatic carbocycles. The lowest BCUT2D eigenvalue weighted by Crippen LogP contribution is -2.16. The molecule has 0 spiro atoms. The molecule has 1 unspecified atom stereocenters. The summed E-state index contributed by atoms with van der Waals surface area (Å²) in [6, 6.07) is 6.48. The number of nitrogens with zero attached hydrogens (tertiary/aromatic N) is 5. The van der Waals surface area contributed by atoms with Gasteiger partial charge in [0.25, 0.3) is 5.91 Å². The maximum atomic E-state index is 12.2. The summed E-state index contributed by atoms with van der Waals surface area (Å²) in [7, 11) is 0. The Kier molecular flexibility index (Phi) is 4.99. The van der Waals surface area contributed by atoms with Crippen molar-refractivity contribution in [2.24, 2.45) is 0 Å². The highest BCUT2D eigenvalue weighted by molar-refractivity contribution is 6.30. The van der Waals surface area contributed by atoms with Crippen molar-refractivity contribution in [1.82, 2.24) is 24.5 Å². The van der Waals surface area contributed by atoms with Crippen LogP contribution in [0.1, 0.15) is 28.9 Å². The van der Waals surface area contributed by atoms with Crippen LogP contribution in [0.25, 0.3) is 0 Å². The molecule has 26 heavy (non-hydrogen) atoms. The summed E-state index contributed by atoms with van der Waals surface area (Å²) >= 11 is 5.95. The molecule has 0 aliphatic heterocycles. The molecule has 0 saturated carbocycles. The first-order chi connectivity index (χ1) is 12.4. The van der Waals surface area contributed by atoms with Crippen LogP contribution >= 0.6 is 11.6 Å². The predicted molar refractivity (Wildman–Crippen MR) is 93.1 cm³/mol. The molecule has 0 bridgehead atoms. The number of carboxylic acid groups (broad SMARTS) is 1. The Morgan fingerprint density at radius 3 is 2.92 bits per heavy atom. The summed E-state index contributed by atoms with van der Waals surface area (Å²) in [4.78, 5) is 27.2. The van der Waals surface area contributed by atoms with Crippen LogP contribution in [0.5, 0.6) is 0 Å². The number of nitrogens with one attached hydrogen (secondary N) is 1. The van der Waals surface area contributed by atoms with Crippen molar-refractivity contribution < 1.29 is 14.7 Å². The first-order valence-corrected chi connectivity index (χ1v) is 8.02. The SMILES string of the molecule is CC(C(=O)O)n1cc(C(=O)Nc2ncn(Cc3cccc(Cl)c3)n2)cn1. The number of carbonyl (C=O) groups excluding carboxylic acids is 1. The van der Waals surface area contributed by atoms with E-state index in [4.69, 9.17) is 16.7 Å². The average Bonchev–Trinajstić information content (AvgIpc) is 3.24. The predicted octanol–water partition coefficient (Wildman–Crippen LogP) is 2.07. The zero-order valence-electron chi connectivity index (χ0n) is 13.7. The summed E-state index contributed by atoms with van der Waals surface area (Å²) in [6.07, 6.45) is 4.14. The summed E-state index contributed by atoms with van der Waals surface area (Å²) in [6.45, 7) is 1.92. The van der Waals surface area contributed by atoms with Gasteiger partial charge in [-0.1, -0.05) is 23.7 Å². The number of aromatic nitrogens is 5. The molecule has 0 aliphatic rings. The number of halogens is 1. The lowest BCUT2D eigenvalue weighted by molar-refractivity contribution is -0.140. The molecule has 0 fully saturated rings. The van der Waals surface area contributed by atoms with E-state index in [-0.39, 0.29) is 11.5 Å². The summed E-state index contributed by atoms with van der Waals surface area (Å²) in [5.41, 5.74) is 1.16. The zero-order valence-corrected chi connectivity index (χ0v) is 14.5. The highest BCUT2D eigenvalue weighted by Crippen LogP contribution is 2.12. The van der Waals surface area contributed by atoms with Gasteiger partial charge >= 0.3 is 5.97 Å². The molecule has 3 rings (SSSR count). The second-order valence-corrected chi connectivity index (χ2v) is 6.01. The van der Waals surface area contributed by atoms with E-state index in [1.807, 2.05) is 18.2 Å². The zero-order chi connectivity index (χ0) is 18.7. The highest BCUT2D eigenvalue weighted by Gasteiger charge is 2.17. The van der Waals surface area contributed by atoms with E-state index in [0.29, 0.717) is 11.6 Å². The van der Waals surface area contributed by atoms with Crippen LogP contribution in [0, 0.1) is 0 Å². The largest absolute Gasteiger partial charge is 0.480 e. The average molecular weight is 375 g/mol. The van der Waals surface area contributed by atoms with Crippen LogP contribution in [-0.2, 0) is 11.3 Å². The topological polar surface area (TPSA) is 115 Å². The molecule has 1 amide bonds. The first kappa shape index (κ1) is 17.6.